The number of anilines is 2. The molecule has 3 N–H and O–H groups in total. The molecule has 12 nitrogen and oxygen atoms in total. The van der Waals surface area contributed by atoms with Crippen LogP contribution in [-0.2, 0) is 9.59 Å². The lowest BCUT2D eigenvalue weighted by molar-refractivity contribution is -0.136. The highest BCUT2D eigenvalue weighted by atomic mass is 16.2. The van der Waals surface area contributed by atoms with Crippen LogP contribution in [-0.4, -0.2) is 82.1 Å². The van der Waals surface area contributed by atoms with E-state index in [4.69, 9.17) is 10.1 Å². The molecule has 2 saturated carbocycles. The third-order valence-electron chi connectivity index (χ3n) is 9.85. The minimum absolute atomic E-state index is 0.0990. The Hall–Kier alpha value is -4.58. The van der Waals surface area contributed by atoms with Gasteiger partial charge in [0.05, 0.1) is 40.4 Å². The van der Waals surface area contributed by atoms with Crippen molar-refractivity contribution in [2.75, 3.05) is 42.9 Å². The van der Waals surface area contributed by atoms with Gasteiger partial charge < -0.3 is 15.5 Å². The zero-order chi connectivity index (χ0) is 30.7. The van der Waals surface area contributed by atoms with Crippen LogP contribution in [0.4, 0.5) is 11.4 Å². The van der Waals surface area contributed by atoms with Gasteiger partial charge in [0.2, 0.25) is 11.8 Å². The average Bonchev–Trinajstić information content (AvgIpc) is 3.75. The maximum atomic E-state index is 13.2. The quantitative estimate of drug-likeness (QED) is 0.329. The predicted octanol–water partition coefficient (Wildman–Crippen LogP) is 2.70. The minimum atomic E-state index is -0.964. The van der Waals surface area contributed by atoms with Crippen LogP contribution in [0.25, 0.3) is 11.3 Å². The SMILES string of the molecule is O=C1CCC(N2C(=O)c3ccc(NC[C@H]4C[C@H](n5cc(-c6ccc(N7CCNCC7)cn6)c(C6CC6)n5)C4)cc3C2=O)C(=O)N1. The first kappa shape index (κ1) is 27.9. The van der Waals surface area contributed by atoms with Crippen LogP contribution >= 0.6 is 0 Å². The number of benzene rings is 1. The van der Waals surface area contributed by atoms with Crippen LogP contribution in [0, 0.1) is 5.92 Å². The maximum absolute atomic E-state index is 13.2. The van der Waals surface area contributed by atoms with Crippen molar-refractivity contribution in [2.24, 2.45) is 5.92 Å². The van der Waals surface area contributed by atoms with Crippen molar-refractivity contribution < 1.29 is 19.2 Å². The van der Waals surface area contributed by atoms with Gasteiger partial charge in [-0.05, 0) is 68.4 Å². The molecule has 4 amide bonds. The van der Waals surface area contributed by atoms with Gasteiger partial charge in [-0.1, -0.05) is 0 Å². The largest absolute Gasteiger partial charge is 0.385 e. The van der Waals surface area contributed by atoms with Crippen molar-refractivity contribution in [2.45, 2.75) is 56.5 Å². The topological polar surface area (TPSA) is 142 Å². The van der Waals surface area contributed by atoms with Gasteiger partial charge in [-0.2, -0.15) is 5.10 Å². The van der Waals surface area contributed by atoms with E-state index < -0.39 is 23.8 Å². The zero-order valence-electron chi connectivity index (χ0n) is 25.0. The summed E-state index contributed by atoms with van der Waals surface area (Å²) in [6.45, 7) is 4.73. The minimum Gasteiger partial charge on any atom is -0.385 e. The lowest BCUT2D eigenvalue weighted by Crippen LogP contribution is -2.54. The number of pyridine rings is 1. The van der Waals surface area contributed by atoms with E-state index in [9.17, 15) is 19.2 Å². The Morgan fingerprint density at radius 3 is 2.44 bits per heavy atom. The first-order valence-corrected chi connectivity index (χ1v) is 16.0. The number of aromatic nitrogens is 3. The summed E-state index contributed by atoms with van der Waals surface area (Å²) in [5.74, 6) is -1.00. The molecule has 2 saturated heterocycles. The Bertz CT molecular complexity index is 1680. The molecule has 2 aliphatic carbocycles. The highest BCUT2D eigenvalue weighted by molar-refractivity contribution is 6.23. The van der Waals surface area contributed by atoms with E-state index in [1.165, 1.54) is 24.2 Å². The molecule has 4 fully saturated rings. The number of hydrogen-bond acceptors (Lipinski definition) is 9. The summed E-state index contributed by atoms with van der Waals surface area (Å²) in [6, 6.07) is 8.83. The summed E-state index contributed by atoms with van der Waals surface area (Å²) in [7, 11) is 0. The molecule has 0 bridgehead atoms. The summed E-state index contributed by atoms with van der Waals surface area (Å²) in [5, 5.41) is 14.1. The van der Waals surface area contributed by atoms with Crippen LogP contribution in [0.3, 0.4) is 0 Å². The molecule has 5 aliphatic rings. The van der Waals surface area contributed by atoms with Crippen LogP contribution in [0.5, 0.6) is 0 Å². The van der Waals surface area contributed by atoms with E-state index in [-0.39, 0.29) is 29.9 Å². The standard InChI is InChI=1S/C33H36N8O4/c42-29-8-7-28(31(43)37-29)41-32(44)24-5-3-21(15-25(24)33(41)45)35-16-19-13-23(14-19)40-18-26(30(38-40)20-1-2-20)27-6-4-22(17-36-27)39-11-9-34-10-12-39/h3-6,15,17-20,23,28,34-35H,1-2,7-14,16H2,(H,37,42,43)/t19-,23-,28?. The summed E-state index contributed by atoms with van der Waals surface area (Å²) in [4.78, 5) is 58.2. The molecule has 3 aliphatic heterocycles. The number of hydrogen-bond donors (Lipinski definition) is 3. The number of rotatable bonds is 8. The summed E-state index contributed by atoms with van der Waals surface area (Å²) in [5.41, 5.74) is 5.80. The van der Waals surface area contributed by atoms with Gasteiger partial charge >= 0.3 is 0 Å². The fourth-order valence-electron chi connectivity index (χ4n) is 7.03. The predicted molar refractivity (Wildman–Crippen MR) is 166 cm³/mol. The van der Waals surface area contributed by atoms with Gasteiger partial charge in [0.1, 0.15) is 6.04 Å². The lowest BCUT2D eigenvalue weighted by atomic mass is 9.80. The molecule has 232 valence electrons. The van der Waals surface area contributed by atoms with Crippen LogP contribution in [0.1, 0.15) is 76.9 Å². The van der Waals surface area contributed by atoms with Gasteiger partial charge in [-0.3, -0.25) is 39.1 Å². The monoisotopic (exact) mass is 608 g/mol. The van der Waals surface area contributed by atoms with Gasteiger partial charge in [0.25, 0.3) is 11.8 Å². The fourth-order valence-corrected chi connectivity index (χ4v) is 7.03. The molecule has 12 heteroatoms. The first-order chi connectivity index (χ1) is 21.9. The maximum Gasteiger partial charge on any atom is 0.262 e. The molecular weight excluding hydrogens is 572 g/mol. The smallest absolute Gasteiger partial charge is 0.262 e. The zero-order valence-corrected chi connectivity index (χ0v) is 25.0. The molecule has 1 atom stereocenters. The van der Waals surface area contributed by atoms with Crippen molar-refractivity contribution >= 4 is 35.0 Å². The highest BCUT2D eigenvalue weighted by Crippen LogP contribution is 2.45. The van der Waals surface area contributed by atoms with Crippen molar-refractivity contribution in [3.8, 4) is 11.3 Å². The van der Waals surface area contributed by atoms with Gasteiger partial charge in [0, 0.05) is 62.5 Å². The molecule has 5 heterocycles. The van der Waals surface area contributed by atoms with E-state index in [1.54, 1.807) is 18.2 Å². The average molecular weight is 609 g/mol. The number of nitrogens with zero attached hydrogens (tertiary/aromatic N) is 5. The Morgan fingerprint density at radius 1 is 0.911 bits per heavy atom. The molecule has 3 aromatic rings. The molecular formula is C33H36N8O4. The normalized spacial score (nSPS) is 24.8. The van der Waals surface area contributed by atoms with Crippen LogP contribution in [0.15, 0.2) is 42.7 Å². The van der Waals surface area contributed by atoms with Gasteiger partial charge in [-0.15, -0.1) is 0 Å². The summed E-state index contributed by atoms with van der Waals surface area (Å²) in [6.07, 6.45) is 8.78. The van der Waals surface area contributed by atoms with Gasteiger partial charge in [-0.25, -0.2) is 0 Å². The molecule has 8 rings (SSSR count). The second-order valence-electron chi connectivity index (χ2n) is 12.9. The second kappa shape index (κ2) is 11.1. The van der Waals surface area contributed by atoms with Gasteiger partial charge in [0.15, 0.2) is 0 Å². The lowest BCUT2D eigenvalue weighted by Gasteiger charge is -2.35. The van der Waals surface area contributed by atoms with E-state index in [2.05, 4.69) is 43.9 Å². The number of carbonyl (C=O) groups is 4. The number of amides is 4. The van der Waals surface area contributed by atoms with E-state index in [0.29, 0.717) is 17.9 Å². The third-order valence-corrected chi connectivity index (χ3v) is 9.85. The Kier molecular flexibility index (Phi) is 6.89. The number of nitrogens with one attached hydrogen (secondary N) is 3. The van der Waals surface area contributed by atoms with Crippen molar-refractivity contribution in [3.63, 3.8) is 0 Å². The van der Waals surface area contributed by atoms with Crippen LogP contribution in [0.2, 0.25) is 0 Å². The second-order valence-corrected chi connectivity index (χ2v) is 12.9. The Balaban J connectivity index is 0.895. The fraction of sp³-hybridized carbons (Fsp3) is 0.455. The highest BCUT2D eigenvalue weighted by Gasteiger charge is 2.44. The summed E-state index contributed by atoms with van der Waals surface area (Å²) < 4.78 is 2.15. The molecule has 45 heavy (non-hydrogen) atoms. The van der Waals surface area contributed by atoms with E-state index in [1.807, 2.05) is 6.20 Å². The number of fused-ring (bicyclic) bond motifs is 1. The number of imide groups is 2. The van der Waals surface area contributed by atoms with Crippen molar-refractivity contribution in [1.82, 2.24) is 30.3 Å². The van der Waals surface area contributed by atoms with E-state index >= 15 is 0 Å². The molecule has 0 spiro atoms. The number of piperidine rings is 1. The summed E-state index contributed by atoms with van der Waals surface area (Å²) >= 11 is 0. The number of piperazine rings is 1. The Labute approximate surface area is 260 Å². The number of carbonyl (C=O) groups excluding carboxylic acids is 4. The van der Waals surface area contributed by atoms with E-state index in [0.717, 1.165) is 67.4 Å². The molecule has 0 radical (unpaired) electrons. The van der Waals surface area contributed by atoms with Crippen molar-refractivity contribution in [3.05, 3.63) is 59.5 Å². The first-order valence-electron chi connectivity index (χ1n) is 16.0. The van der Waals surface area contributed by atoms with Crippen LogP contribution < -0.4 is 20.9 Å². The van der Waals surface area contributed by atoms with Crippen molar-refractivity contribution in [1.29, 1.82) is 0 Å². The molecule has 1 aromatic carbocycles. The molecule has 2 aromatic heterocycles. The third kappa shape index (κ3) is 5.16. The molecule has 1 unspecified atom stereocenters. The Morgan fingerprint density at radius 2 is 1.71 bits per heavy atom.